The standard InChI is InChI=1S/C27H23BrN2O6S/c1-5-12-36-26(34)24-15(3)29-27(37-24)30-21(16-6-9-18(28)10-7-16)20(23(32)25(30)33)22(31)17-8-11-19(35-4)14(2)13-17/h5-11,13,21,31H,1,12H2,2-4H3/t21-/m0/s1. The van der Waals surface area contributed by atoms with Crippen LogP contribution < -0.4 is 9.64 Å². The van der Waals surface area contributed by atoms with Crippen LogP contribution in [0.1, 0.15) is 38.1 Å². The molecule has 3 aromatic rings. The highest BCUT2D eigenvalue weighted by molar-refractivity contribution is 9.10. The zero-order chi connectivity index (χ0) is 26.9. The van der Waals surface area contributed by atoms with Crippen molar-refractivity contribution in [1.82, 2.24) is 4.98 Å². The van der Waals surface area contributed by atoms with Gasteiger partial charge in [0.2, 0.25) is 0 Å². The summed E-state index contributed by atoms with van der Waals surface area (Å²) in [6, 6.07) is 11.1. The molecular formula is C27H23BrN2O6S. The predicted octanol–water partition coefficient (Wildman–Crippen LogP) is 5.50. The number of anilines is 1. The third-order valence-electron chi connectivity index (χ3n) is 5.81. The van der Waals surface area contributed by atoms with Gasteiger partial charge in [0.1, 0.15) is 23.0 Å². The Morgan fingerprint density at radius 1 is 1.22 bits per heavy atom. The van der Waals surface area contributed by atoms with Crippen LogP contribution in [0.4, 0.5) is 5.13 Å². The van der Waals surface area contributed by atoms with Crippen LogP contribution in [0.15, 0.2) is 65.2 Å². The number of esters is 1. The number of aliphatic hydroxyl groups excluding tert-OH is 1. The second-order valence-electron chi connectivity index (χ2n) is 8.20. The van der Waals surface area contributed by atoms with Gasteiger partial charge in [0.25, 0.3) is 5.78 Å². The molecule has 1 aliphatic rings. The number of carbonyl (C=O) groups is 3. The molecule has 190 valence electrons. The van der Waals surface area contributed by atoms with Gasteiger partial charge in [-0.2, -0.15) is 0 Å². The lowest BCUT2D eigenvalue weighted by Gasteiger charge is -2.23. The molecule has 1 N–H and O–H groups in total. The maximum absolute atomic E-state index is 13.4. The van der Waals surface area contributed by atoms with Gasteiger partial charge < -0.3 is 14.6 Å². The van der Waals surface area contributed by atoms with E-state index in [2.05, 4.69) is 27.5 Å². The fourth-order valence-corrected chi connectivity index (χ4v) is 5.30. The zero-order valence-electron chi connectivity index (χ0n) is 20.3. The highest BCUT2D eigenvalue weighted by Crippen LogP contribution is 2.44. The summed E-state index contributed by atoms with van der Waals surface area (Å²) in [5, 5.41) is 11.5. The molecule has 0 saturated carbocycles. The first-order chi connectivity index (χ1) is 17.7. The molecule has 0 bridgehead atoms. The second kappa shape index (κ2) is 10.7. The molecule has 0 radical (unpaired) electrons. The minimum absolute atomic E-state index is 0.0240. The number of nitrogens with zero attached hydrogens (tertiary/aromatic N) is 2. The van der Waals surface area contributed by atoms with E-state index in [1.807, 2.05) is 6.92 Å². The van der Waals surface area contributed by atoms with Crippen molar-refractivity contribution in [2.45, 2.75) is 19.9 Å². The van der Waals surface area contributed by atoms with E-state index in [4.69, 9.17) is 9.47 Å². The molecule has 1 saturated heterocycles. The number of aryl methyl sites for hydroxylation is 2. The number of benzene rings is 2. The Kier molecular flexibility index (Phi) is 7.60. The number of ether oxygens (including phenoxy) is 2. The lowest BCUT2D eigenvalue weighted by atomic mass is 9.95. The minimum Gasteiger partial charge on any atom is -0.507 e. The Balaban J connectivity index is 1.88. The number of thiazole rings is 1. The number of carbonyl (C=O) groups excluding carboxylic acids is 3. The van der Waals surface area contributed by atoms with Crippen LogP contribution in [-0.2, 0) is 14.3 Å². The Morgan fingerprint density at radius 3 is 2.54 bits per heavy atom. The van der Waals surface area contributed by atoms with Crippen molar-refractivity contribution in [3.05, 3.63) is 92.4 Å². The molecule has 2 heterocycles. The molecule has 4 rings (SSSR count). The lowest BCUT2D eigenvalue weighted by molar-refractivity contribution is -0.132. The first-order valence-electron chi connectivity index (χ1n) is 11.1. The van der Waals surface area contributed by atoms with E-state index in [0.717, 1.165) is 21.4 Å². The van der Waals surface area contributed by atoms with E-state index < -0.39 is 23.7 Å². The van der Waals surface area contributed by atoms with E-state index >= 15 is 0 Å². The van der Waals surface area contributed by atoms with Crippen LogP contribution >= 0.6 is 27.3 Å². The molecule has 1 amide bonds. The molecule has 37 heavy (non-hydrogen) atoms. The number of aromatic nitrogens is 1. The first kappa shape index (κ1) is 26.3. The van der Waals surface area contributed by atoms with Crippen LogP contribution in [-0.4, -0.2) is 41.5 Å². The monoisotopic (exact) mass is 582 g/mol. The van der Waals surface area contributed by atoms with Gasteiger partial charge in [-0.25, -0.2) is 9.78 Å². The summed E-state index contributed by atoms with van der Waals surface area (Å²) in [5.41, 5.74) is 1.97. The lowest BCUT2D eigenvalue weighted by Crippen LogP contribution is -2.29. The molecule has 1 fully saturated rings. The first-order valence-corrected chi connectivity index (χ1v) is 12.8. The Labute approximate surface area is 226 Å². The number of halogens is 1. The highest BCUT2D eigenvalue weighted by atomic mass is 79.9. The number of ketones is 1. The minimum atomic E-state index is -0.974. The third kappa shape index (κ3) is 4.94. The zero-order valence-corrected chi connectivity index (χ0v) is 22.7. The smallest absolute Gasteiger partial charge is 0.350 e. The molecule has 2 aromatic carbocycles. The van der Waals surface area contributed by atoms with Crippen molar-refractivity contribution in [3.63, 3.8) is 0 Å². The van der Waals surface area contributed by atoms with Crippen LogP contribution in [0.25, 0.3) is 5.76 Å². The van der Waals surface area contributed by atoms with Gasteiger partial charge in [-0.05, 0) is 55.3 Å². The number of hydrogen-bond acceptors (Lipinski definition) is 8. The van der Waals surface area contributed by atoms with Crippen LogP contribution in [0.5, 0.6) is 5.75 Å². The fourth-order valence-electron chi connectivity index (χ4n) is 4.05. The van der Waals surface area contributed by atoms with Gasteiger partial charge in [0.05, 0.1) is 24.4 Å². The number of amides is 1. The summed E-state index contributed by atoms with van der Waals surface area (Å²) < 4.78 is 11.2. The van der Waals surface area contributed by atoms with Gasteiger partial charge in [-0.1, -0.05) is 52.1 Å². The van der Waals surface area contributed by atoms with Crippen molar-refractivity contribution < 1.29 is 29.0 Å². The van der Waals surface area contributed by atoms with Crippen LogP contribution in [0, 0.1) is 13.8 Å². The SMILES string of the molecule is C=CCOC(=O)c1sc(N2C(=O)C(=O)C(=C(O)c3ccc(OC)c(C)c3)[C@@H]2c2ccc(Br)cc2)nc1C. The molecular weight excluding hydrogens is 560 g/mol. The summed E-state index contributed by atoms with van der Waals surface area (Å²) in [6.45, 7) is 6.99. The Bertz CT molecular complexity index is 1440. The molecule has 8 nitrogen and oxygen atoms in total. The average Bonchev–Trinajstić information content (AvgIpc) is 3.39. The van der Waals surface area contributed by atoms with Crippen molar-refractivity contribution in [1.29, 1.82) is 0 Å². The van der Waals surface area contributed by atoms with Crippen molar-refractivity contribution in [2.24, 2.45) is 0 Å². The maximum atomic E-state index is 13.4. The summed E-state index contributed by atoms with van der Waals surface area (Å²) in [6.07, 6.45) is 1.45. The van der Waals surface area contributed by atoms with Gasteiger partial charge in [-0.15, -0.1) is 0 Å². The summed E-state index contributed by atoms with van der Waals surface area (Å²) in [5.74, 6) is -2.03. The molecule has 0 unspecified atom stereocenters. The van der Waals surface area contributed by atoms with E-state index in [1.54, 1.807) is 56.5 Å². The topological polar surface area (TPSA) is 106 Å². The van der Waals surface area contributed by atoms with E-state index in [-0.39, 0.29) is 27.9 Å². The Hall–Kier alpha value is -3.76. The second-order valence-corrected chi connectivity index (χ2v) is 10.1. The molecule has 0 spiro atoms. The van der Waals surface area contributed by atoms with Crippen molar-refractivity contribution in [3.8, 4) is 5.75 Å². The van der Waals surface area contributed by atoms with Crippen molar-refractivity contribution >= 4 is 55.8 Å². The normalized spacial score (nSPS) is 16.6. The number of methoxy groups -OCH3 is 1. The van der Waals surface area contributed by atoms with Gasteiger partial charge in [-0.3, -0.25) is 14.5 Å². The van der Waals surface area contributed by atoms with Gasteiger partial charge in [0, 0.05) is 10.0 Å². The Morgan fingerprint density at radius 2 is 1.92 bits per heavy atom. The molecule has 0 aliphatic carbocycles. The van der Waals surface area contributed by atoms with Crippen molar-refractivity contribution in [2.75, 3.05) is 18.6 Å². The van der Waals surface area contributed by atoms with Gasteiger partial charge in [0.15, 0.2) is 5.13 Å². The van der Waals surface area contributed by atoms with Gasteiger partial charge >= 0.3 is 11.9 Å². The average molecular weight is 583 g/mol. The fraction of sp³-hybridized carbons (Fsp3) is 0.185. The number of rotatable bonds is 7. The summed E-state index contributed by atoms with van der Waals surface area (Å²) in [4.78, 5) is 45.1. The summed E-state index contributed by atoms with van der Waals surface area (Å²) in [7, 11) is 1.54. The van der Waals surface area contributed by atoms with E-state index in [9.17, 15) is 19.5 Å². The third-order valence-corrected chi connectivity index (χ3v) is 7.47. The largest absolute Gasteiger partial charge is 0.507 e. The van der Waals surface area contributed by atoms with E-state index in [0.29, 0.717) is 22.6 Å². The molecule has 1 aliphatic heterocycles. The summed E-state index contributed by atoms with van der Waals surface area (Å²) >= 11 is 4.34. The number of aliphatic hydroxyl groups is 1. The maximum Gasteiger partial charge on any atom is 0.350 e. The highest BCUT2D eigenvalue weighted by Gasteiger charge is 2.48. The molecule has 10 heteroatoms. The molecule has 1 aromatic heterocycles. The number of hydrogen-bond donors (Lipinski definition) is 1. The predicted molar refractivity (Wildman–Crippen MR) is 144 cm³/mol. The molecule has 1 atom stereocenters. The van der Waals surface area contributed by atoms with E-state index in [1.165, 1.54) is 11.0 Å². The number of Topliss-reactive ketones (excluding diaryl/α,β-unsaturated/α-hetero) is 1. The van der Waals surface area contributed by atoms with Crippen LogP contribution in [0.2, 0.25) is 0 Å². The van der Waals surface area contributed by atoms with Crippen LogP contribution in [0.3, 0.4) is 0 Å². The quantitative estimate of drug-likeness (QED) is 0.129.